The Morgan fingerprint density at radius 2 is 2.11 bits per heavy atom. The van der Waals surface area contributed by atoms with Gasteiger partial charge in [-0.3, -0.25) is 4.79 Å². The molecule has 0 bridgehead atoms. The molecule has 1 amide bonds. The van der Waals surface area contributed by atoms with Gasteiger partial charge in [0.05, 0.1) is 10.9 Å². The van der Waals surface area contributed by atoms with Crippen molar-refractivity contribution >= 4 is 5.91 Å². The normalized spacial score (nSPS) is 16.0. The molecule has 0 fully saturated rings. The van der Waals surface area contributed by atoms with Gasteiger partial charge in [0.15, 0.2) is 5.82 Å². The van der Waals surface area contributed by atoms with Crippen molar-refractivity contribution in [2.24, 2.45) is 5.41 Å². The maximum absolute atomic E-state index is 12.5. The van der Waals surface area contributed by atoms with E-state index in [9.17, 15) is 18.0 Å². The number of hydrogen-bond donors (Lipinski definition) is 2. The van der Waals surface area contributed by atoms with Crippen LogP contribution in [0.15, 0.2) is 36.7 Å². The number of fused-ring (bicyclic) bond motifs is 1. The number of aromatic nitrogens is 4. The fourth-order valence-electron chi connectivity index (χ4n) is 2.67. The Morgan fingerprint density at radius 1 is 1.32 bits per heavy atom. The van der Waals surface area contributed by atoms with Crippen LogP contribution in [0.5, 0.6) is 0 Å². The van der Waals surface area contributed by atoms with Crippen molar-refractivity contribution < 1.29 is 23.4 Å². The maximum atomic E-state index is 12.5. The molecule has 2 aliphatic rings. The van der Waals surface area contributed by atoms with E-state index in [1.165, 1.54) is 19.2 Å². The highest BCUT2D eigenvalue weighted by Crippen LogP contribution is 2.31. The topological polar surface area (TPSA) is 83.6 Å². The van der Waals surface area contributed by atoms with Gasteiger partial charge < -0.3 is 10.3 Å². The molecule has 1 atom stereocenters. The summed E-state index contributed by atoms with van der Waals surface area (Å²) in [6.45, 7) is 1.79. The van der Waals surface area contributed by atoms with Crippen LogP contribution in [0.3, 0.4) is 0 Å². The molecule has 0 saturated carbocycles. The first-order valence-electron chi connectivity index (χ1n) is 10.5. The molecule has 0 aliphatic carbocycles. The second-order valence-electron chi connectivity index (χ2n) is 6.58. The number of alkyl halides is 3. The highest BCUT2D eigenvalue weighted by atomic mass is 19.4. The van der Waals surface area contributed by atoms with E-state index in [2.05, 4.69) is 19.9 Å². The molecular weight excluding hydrogens is 371 g/mol. The van der Waals surface area contributed by atoms with E-state index in [0.717, 1.165) is 0 Å². The number of halogens is 3. The molecule has 6 nitrogen and oxygen atoms in total. The van der Waals surface area contributed by atoms with Crippen LogP contribution in [0.2, 0.25) is 0 Å². The van der Waals surface area contributed by atoms with Gasteiger partial charge in [-0.05, 0) is 24.6 Å². The Hall–Kier alpha value is -2.97. The van der Waals surface area contributed by atoms with Gasteiger partial charge in [-0.1, -0.05) is 13.8 Å². The molecule has 2 N–H and O–H groups in total. The van der Waals surface area contributed by atoms with Crippen LogP contribution in [-0.2, 0) is 11.2 Å². The van der Waals surface area contributed by atoms with E-state index in [0.29, 0.717) is 5.69 Å². The largest absolute Gasteiger partial charge is 0.405 e. The van der Waals surface area contributed by atoms with Gasteiger partial charge in [0.1, 0.15) is 12.4 Å². The number of nitrogens with zero attached hydrogens (tertiary/aromatic N) is 3. The van der Waals surface area contributed by atoms with E-state index in [-0.39, 0.29) is 60.0 Å². The van der Waals surface area contributed by atoms with Crippen LogP contribution >= 0.6 is 0 Å². The van der Waals surface area contributed by atoms with Crippen molar-refractivity contribution in [3.63, 3.8) is 0 Å². The molecule has 0 radical (unpaired) electrons. The Morgan fingerprint density at radius 3 is 2.82 bits per heavy atom. The second-order valence-corrected chi connectivity index (χ2v) is 6.58. The van der Waals surface area contributed by atoms with Crippen LogP contribution < -0.4 is 5.32 Å². The first-order valence-corrected chi connectivity index (χ1v) is 8.49. The standard InChI is InChI=1S/C19H20F3N5O/c1-3-18(2,17(28)26-11-19(20,21)22)9-12-6-8-24-16(27-12)14-10-25-15-13(14)5-4-7-23-15/h4-8,10H,3,9,11H2,1-2H3,(H,23,25)(H,26,28)/t18-/m0/s1/i4D,5D,7D,10D. The summed E-state index contributed by atoms with van der Waals surface area (Å²) in [6.07, 6.45) is -3.45. The Labute approximate surface area is 165 Å². The number of carbonyl (C=O) groups excluding carboxylic acids is 1. The van der Waals surface area contributed by atoms with Crippen LogP contribution in [0, 0.1) is 5.41 Å². The average Bonchev–Trinajstić information content (AvgIpc) is 3.05. The molecule has 2 aliphatic heterocycles. The highest BCUT2D eigenvalue weighted by Gasteiger charge is 2.35. The average molecular weight is 395 g/mol. The monoisotopic (exact) mass is 395 g/mol. The first-order chi connectivity index (χ1) is 14.9. The predicted molar refractivity (Wildman–Crippen MR) is 97.4 cm³/mol. The van der Waals surface area contributed by atoms with E-state index >= 15 is 0 Å². The molecule has 3 rings (SSSR count). The summed E-state index contributed by atoms with van der Waals surface area (Å²) in [7, 11) is 0. The summed E-state index contributed by atoms with van der Waals surface area (Å²) in [4.78, 5) is 27.5. The molecule has 0 saturated heterocycles. The summed E-state index contributed by atoms with van der Waals surface area (Å²) in [5, 5.41) is 1.91. The molecule has 0 spiro atoms. The van der Waals surface area contributed by atoms with Gasteiger partial charge >= 0.3 is 6.18 Å². The van der Waals surface area contributed by atoms with Crippen molar-refractivity contribution in [3.05, 3.63) is 42.4 Å². The van der Waals surface area contributed by atoms with Crippen LogP contribution in [0.1, 0.15) is 31.4 Å². The van der Waals surface area contributed by atoms with Crippen molar-refractivity contribution in [3.8, 4) is 22.8 Å². The molecule has 148 valence electrons. The van der Waals surface area contributed by atoms with Crippen molar-refractivity contribution in [1.82, 2.24) is 25.3 Å². The number of nitrogens with one attached hydrogen (secondary N) is 2. The summed E-state index contributed by atoms with van der Waals surface area (Å²) in [6, 6.07) is 0.841. The number of amides is 1. The Balaban J connectivity index is 1.97. The molecular formula is C19H20F3N5O. The third kappa shape index (κ3) is 4.29. The molecule has 28 heavy (non-hydrogen) atoms. The zero-order valence-corrected chi connectivity index (χ0v) is 15.2. The minimum atomic E-state index is -4.52. The molecule has 0 aromatic carbocycles. The minimum Gasteiger partial charge on any atom is -0.347 e. The van der Waals surface area contributed by atoms with Crippen molar-refractivity contribution in [2.45, 2.75) is 32.9 Å². The molecule has 9 heteroatoms. The van der Waals surface area contributed by atoms with Gasteiger partial charge in [-0.25, -0.2) is 15.0 Å². The van der Waals surface area contributed by atoms with Gasteiger partial charge in [0.25, 0.3) is 0 Å². The number of carbonyl (C=O) groups is 1. The lowest BCUT2D eigenvalue weighted by Gasteiger charge is -2.27. The Bertz CT molecular complexity index is 1140. The number of rotatable bonds is 6. The zero-order valence-electron chi connectivity index (χ0n) is 19.2. The Kier molecular flexibility index (Phi) is 4.06. The minimum absolute atomic E-state index is 0.0164. The van der Waals surface area contributed by atoms with E-state index in [1.54, 1.807) is 6.92 Å². The highest BCUT2D eigenvalue weighted by molar-refractivity contribution is 5.82. The van der Waals surface area contributed by atoms with E-state index in [4.69, 9.17) is 5.48 Å². The summed E-state index contributed by atoms with van der Waals surface area (Å²) in [5.41, 5.74) is -0.602. The van der Waals surface area contributed by atoms with Crippen LogP contribution in [0.4, 0.5) is 13.2 Å². The smallest absolute Gasteiger partial charge is 0.347 e. The van der Waals surface area contributed by atoms with Crippen molar-refractivity contribution in [2.75, 3.05) is 6.54 Å². The number of hydrogen-bond acceptors (Lipinski definition) is 4. The lowest BCUT2D eigenvalue weighted by molar-refractivity contribution is -0.144. The second kappa shape index (κ2) is 7.57. The molecule has 3 heterocycles. The van der Waals surface area contributed by atoms with Crippen LogP contribution in [0.25, 0.3) is 22.8 Å². The van der Waals surface area contributed by atoms with Gasteiger partial charge in [0, 0.05) is 41.8 Å². The third-order valence-corrected chi connectivity index (χ3v) is 4.48. The zero-order chi connectivity index (χ0) is 23.8. The lowest BCUT2D eigenvalue weighted by atomic mass is 9.81. The van der Waals surface area contributed by atoms with Crippen molar-refractivity contribution in [1.29, 1.82) is 0 Å². The fourth-order valence-corrected chi connectivity index (χ4v) is 2.67. The summed E-state index contributed by atoms with van der Waals surface area (Å²) < 4.78 is 69.3. The molecule has 1 aromatic rings. The van der Waals surface area contributed by atoms with E-state index < -0.39 is 24.0 Å². The maximum Gasteiger partial charge on any atom is 0.405 e. The van der Waals surface area contributed by atoms with E-state index in [1.807, 2.05) is 5.32 Å². The summed E-state index contributed by atoms with van der Waals surface area (Å²) in [5.74, 6) is -0.651. The predicted octanol–water partition coefficient (Wildman–Crippen LogP) is 3.61. The van der Waals surface area contributed by atoms with Gasteiger partial charge in [-0.15, -0.1) is 0 Å². The number of pyridine rings is 1. The van der Waals surface area contributed by atoms with Gasteiger partial charge in [-0.2, -0.15) is 13.2 Å². The third-order valence-electron chi connectivity index (χ3n) is 4.48. The van der Waals surface area contributed by atoms with Gasteiger partial charge in [0.2, 0.25) is 5.91 Å². The lowest BCUT2D eigenvalue weighted by Crippen LogP contribution is -2.44. The summed E-state index contributed by atoms with van der Waals surface area (Å²) >= 11 is 0. The number of aromatic amines is 1. The quantitative estimate of drug-likeness (QED) is 0.668. The van der Waals surface area contributed by atoms with Crippen LogP contribution in [-0.4, -0.2) is 38.6 Å². The molecule has 0 unspecified atom stereocenters. The SMILES string of the molecule is [2H]c1nc2[nH]c([2H])c([2H])c([2H])c-2c1-c1nccc(C[C@](C)(CC)C(=O)NCC(F)(F)F)n1. The number of H-pyrrole nitrogens is 1. The fraction of sp³-hybridized carbons (Fsp3) is 0.368. The first kappa shape index (κ1) is 15.0. The molecule has 1 aromatic heterocycles.